The summed E-state index contributed by atoms with van der Waals surface area (Å²) in [7, 11) is 1.86. The van der Waals surface area contributed by atoms with Crippen LogP contribution in [0.1, 0.15) is 67.0 Å². The number of benzene rings is 3. The van der Waals surface area contributed by atoms with E-state index >= 15 is 0 Å². The highest BCUT2D eigenvalue weighted by Crippen LogP contribution is 2.49. The number of fused-ring (bicyclic) bond motifs is 6. The molecule has 0 radical (unpaired) electrons. The monoisotopic (exact) mass is 452 g/mol. The van der Waals surface area contributed by atoms with Crippen LogP contribution in [0.5, 0.6) is 0 Å². The quantitative estimate of drug-likeness (QED) is 0.245. The highest BCUT2D eigenvalue weighted by Gasteiger charge is 2.38. The maximum atomic E-state index is 7.72. The average Bonchev–Trinajstić information content (AvgIpc) is 3.17. The van der Waals surface area contributed by atoms with Crippen LogP contribution in [-0.2, 0) is 17.9 Å². The van der Waals surface area contributed by atoms with E-state index in [4.69, 9.17) is 8.53 Å². The summed E-state index contributed by atoms with van der Waals surface area (Å²) in [5, 5.41) is 4.64. The Hall–Kier alpha value is -3.20. The van der Waals surface area contributed by atoms with E-state index in [9.17, 15) is 0 Å². The topological polar surface area (TPSA) is 29.9 Å². The molecule has 0 fully saturated rings. The normalized spacial score (nSPS) is 18.6. The first-order valence-electron chi connectivity index (χ1n) is 13.6. The van der Waals surface area contributed by atoms with Crippen molar-refractivity contribution in [2.75, 3.05) is 0 Å². The zero-order valence-corrected chi connectivity index (χ0v) is 20.8. The minimum atomic E-state index is -2.25. The predicted molar refractivity (Wildman–Crippen MR) is 140 cm³/mol. The lowest BCUT2D eigenvalue weighted by Gasteiger charge is -2.42. The van der Waals surface area contributed by atoms with Crippen molar-refractivity contribution in [3.05, 3.63) is 71.2 Å². The van der Waals surface area contributed by atoms with Crippen LogP contribution >= 0.6 is 0 Å². The molecule has 6 rings (SSSR count). The molecule has 2 heterocycles. The van der Waals surface area contributed by atoms with Crippen LogP contribution in [0.15, 0.2) is 53.2 Å². The minimum absolute atomic E-state index is 0.0785. The number of nitrogens with zero attached hydrogens (tertiary/aromatic N) is 2. The first-order valence-corrected chi connectivity index (χ1v) is 12.1. The van der Waals surface area contributed by atoms with Gasteiger partial charge in [0.15, 0.2) is 6.20 Å². The summed E-state index contributed by atoms with van der Waals surface area (Å²) < 4.78 is 31.6. The van der Waals surface area contributed by atoms with E-state index in [0.29, 0.717) is 0 Å². The van der Waals surface area contributed by atoms with Gasteiger partial charge in [-0.2, -0.15) is 4.57 Å². The van der Waals surface area contributed by atoms with Crippen LogP contribution in [0.25, 0.3) is 44.0 Å². The molecule has 0 saturated heterocycles. The third kappa shape index (κ3) is 2.95. The van der Waals surface area contributed by atoms with Crippen molar-refractivity contribution >= 4 is 32.7 Å². The van der Waals surface area contributed by atoms with Crippen molar-refractivity contribution in [2.45, 2.75) is 65.1 Å². The van der Waals surface area contributed by atoms with Crippen LogP contribution in [0, 0.1) is 13.8 Å². The van der Waals surface area contributed by atoms with E-state index in [1.807, 2.05) is 11.6 Å². The highest BCUT2D eigenvalue weighted by atomic mass is 16.3. The van der Waals surface area contributed by atoms with E-state index in [0.717, 1.165) is 45.2 Å². The lowest BCUT2D eigenvalue weighted by Crippen LogP contribution is -2.34. The third-order valence-electron chi connectivity index (χ3n) is 8.05. The van der Waals surface area contributed by atoms with Gasteiger partial charge >= 0.3 is 0 Å². The fourth-order valence-corrected chi connectivity index (χ4v) is 6.00. The number of hydrogen-bond donors (Lipinski definition) is 0. The Labute approximate surface area is 205 Å². The number of hydrogen-bond acceptors (Lipinski definition) is 2. The van der Waals surface area contributed by atoms with Crippen molar-refractivity contribution in [3.8, 4) is 11.3 Å². The maximum absolute atomic E-state index is 7.72. The molecule has 172 valence electrons. The van der Waals surface area contributed by atoms with Crippen molar-refractivity contribution in [2.24, 2.45) is 7.05 Å². The van der Waals surface area contributed by atoms with Gasteiger partial charge in [-0.3, -0.25) is 0 Å². The van der Waals surface area contributed by atoms with E-state index in [1.54, 1.807) is 12.4 Å². The molecule has 5 aromatic rings. The van der Waals surface area contributed by atoms with Gasteiger partial charge in [-0.25, -0.2) is 4.98 Å². The van der Waals surface area contributed by atoms with E-state index in [2.05, 4.69) is 76.0 Å². The summed E-state index contributed by atoms with van der Waals surface area (Å²) in [5.41, 5.74) is 7.68. The Kier molecular flexibility index (Phi) is 3.69. The first-order chi connectivity index (χ1) is 17.3. The molecule has 0 saturated carbocycles. The van der Waals surface area contributed by atoms with Crippen molar-refractivity contribution in [1.82, 2.24) is 4.98 Å². The summed E-state index contributed by atoms with van der Waals surface area (Å²) in [4.78, 5) is 4.29. The Balaban J connectivity index is 1.64. The Bertz CT molecular complexity index is 1740. The molecule has 0 N–H and O–H groups in total. The standard InChI is InChI=1S/C31H33N2O/c1-18-8-10-21-23-14-20-9-11-24-28(31(5,6)13-12-30(24,3)4)22(20)15-26(23)34-29(21)27(18)25-16-32-19(2)17-33(25)7/h8-11,14-17H,12-13H2,1-7H3/q+1/i2D3. The number of aryl methyl sites for hydroxylation is 3. The van der Waals surface area contributed by atoms with Crippen molar-refractivity contribution in [3.63, 3.8) is 0 Å². The zero-order valence-electron chi connectivity index (χ0n) is 23.8. The van der Waals surface area contributed by atoms with Crippen molar-refractivity contribution < 1.29 is 13.1 Å². The molecular formula is C31H33N2O+. The molecule has 1 aliphatic carbocycles. The van der Waals surface area contributed by atoms with E-state index < -0.39 is 6.85 Å². The second-order valence-corrected chi connectivity index (χ2v) is 11.3. The average molecular weight is 453 g/mol. The highest BCUT2D eigenvalue weighted by molar-refractivity contribution is 6.13. The van der Waals surface area contributed by atoms with Crippen LogP contribution < -0.4 is 4.57 Å². The van der Waals surface area contributed by atoms with Crippen LogP contribution in [0.2, 0.25) is 0 Å². The molecule has 3 aromatic carbocycles. The van der Waals surface area contributed by atoms with Gasteiger partial charge in [-0.15, -0.1) is 0 Å². The molecule has 0 amide bonds. The van der Waals surface area contributed by atoms with Crippen LogP contribution in [0.3, 0.4) is 0 Å². The Morgan fingerprint density at radius 3 is 2.53 bits per heavy atom. The Morgan fingerprint density at radius 2 is 1.76 bits per heavy atom. The second kappa shape index (κ2) is 6.91. The summed E-state index contributed by atoms with van der Waals surface area (Å²) >= 11 is 0. The number of aromatic nitrogens is 2. The molecule has 0 bridgehead atoms. The van der Waals surface area contributed by atoms with Gasteiger partial charge in [0.2, 0.25) is 5.69 Å². The lowest BCUT2D eigenvalue weighted by molar-refractivity contribution is -0.661. The number of furan rings is 1. The summed E-state index contributed by atoms with van der Waals surface area (Å²) in [5.74, 6) is 0. The molecule has 0 atom stereocenters. The smallest absolute Gasteiger partial charge is 0.234 e. The van der Waals surface area contributed by atoms with E-state index in [1.165, 1.54) is 28.3 Å². The summed E-state index contributed by atoms with van der Waals surface area (Å²) in [6.07, 6.45) is 5.57. The molecule has 0 unspecified atom stereocenters. The van der Waals surface area contributed by atoms with Gasteiger partial charge < -0.3 is 4.42 Å². The van der Waals surface area contributed by atoms with Gasteiger partial charge in [0.05, 0.1) is 11.8 Å². The SMILES string of the molecule is [2H]C([2H])([2H])c1c[n+](C)c(-c2c(C)ccc3c2oc2cc4c5c(ccc4cc23)C(C)(C)CCC5(C)C)cn1. The molecule has 0 spiro atoms. The first kappa shape index (κ1) is 18.2. The predicted octanol–water partition coefficient (Wildman–Crippen LogP) is 7.59. The van der Waals surface area contributed by atoms with Gasteiger partial charge in [-0.05, 0) is 77.0 Å². The molecule has 1 aliphatic rings. The maximum Gasteiger partial charge on any atom is 0.234 e. The van der Waals surface area contributed by atoms with Crippen LogP contribution in [-0.4, -0.2) is 4.98 Å². The van der Waals surface area contributed by atoms with Gasteiger partial charge in [0, 0.05) is 14.9 Å². The van der Waals surface area contributed by atoms with Crippen LogP contribution in [0.4, 0.5) is 0 Å². The molecule has 3 heteroatoms. The third-order valence-corrected chi connectivity index (χ3v) is 8.05. The van der Waals surface area contributed by atoms with Gasteiger partial charge in [0.1, 0.15) is 23.9 Å². The number of rotatable bonds is 1. The molecule has 2 aromatic heterocycles. The van der Waals surface area contributed by atoms with Gasteiger partial charge in [0.25, 0.3) is 0 Å². The summed E-state index contributed by atoms with van der Waals surface area (Å²) in [6.45, 7) is 9.23. The molecular weight excluding hydrogens is 416 g/mol. The fourth-order valence-electron chi connectivity index (χ4n) is 6.00. The van der Waals surface area contributed by atoms with Gasteiger partial charge in [-0.1, -0.05) is 52.0 Å². The van der Waals surface area contributed by atoms with E-state index in [-0.39, 0.29) is 16.5 Å². The minimum Gasteiger partial charge on any atom is -0.455 e. The fraction of sp³-hybridized carbons (Fsp3) is 0.355. The summed E-state index contributed by atoms with van der Waals surface area (Å²) in [6, 6.07) is 13.3. The molecule has 0 aliphatic heterocycles. The zero-order chi connectivity index (χ0) is 26.5. The molecule has 3 nitrogen and oxygen atoms in total. The van der Waals surface area contributed by atoms with Crippen molar-refractivity contribution in [1.29, 1.82) is 0 Å². The molecule has 34 heavy (non-hydrogen) atoms. The lowest BCUT2D eigenvalue weighted by atomic mass is 9.62. The Morgan fingerprint density at radius 1 is 0.971 bits per heavy atom. The largest absolute Gasteiger partial charge is 0.455 e. The second-order valence-electron chi connectivity index (χ2n) is 11.3.